The largest absolute Gasteiger partial charge is 0.480 e. The number of amides is 6. The second kappa shape index (κ2) is 22.0. The predicted octanol–water partition coefficient (Wildman–Crippen LogP) is -2.29. The number of para-hydroxylation sites is 1. The van der Waals surface area contributed by atoms with Crippen LogP contribution in [0.1, 0.15) is 63.6 Å². The molecule has 5 rings (SSSR count). The summed E-state index contributed by atoms with van der Waals surface area (Å²) < 4.78 is 0. The number of aliphatic hydroxyl groups is 1. The van der Waals surface area contributed by atoms with Gasteiger partial charge in [-0.05, 0) is 56.1 Å². The van der Waals surface area contributed by atoms with Crippen LogP contribution in [0.4, 0.5) is 0 Å². The molecule has 14 N–H and O–H groups in total. The number of carboxylic acids is 1. The summed E-state index contributed by atoms with van der Waals surface area (Å²) in [5.41, 5.74) is 18.8. The molecule has 6 amide bonds. The number of hydrogen-bond donors (Lipinski definition) is 11. The van der Waals surface area contributed by atoms with Gasteiger partial charge in [0, 0.05) is 61.5 Å². The van der Waals surface area contributed by atoms with Crippen LogP contribution in [0.2, 0.25) is 0 Å². The first kappa shape index (κ1) is 47.5. The van der Waals surface area contributed by atoms with E-state index in [1.807, 2.05) is 24.3 Å². The van der Waals surface area contributed by atoms with E-state index < -0.39 is 96.2 Å². The van der Waals surface area contributed by atoms with Crippen molar-refractivity contribution in [3.8, 4) is 0 Å². The number of aliphatic imine (C=N–C) groups is 1. The number of aliphatic hydroxyl groups excluding tert-OH is 1. The van der Waals surface area contributed by atoms with Gasteiger partial charge in [0.15, 0.2) is 5.96 Å². The lowest BCUT2D eigenvalue weighted by Crippen LogP contribution is -2.61. The zero-order valence-electron chi connectivity index (χ0n) is 35.4. The molecule has 3 aromatic rings. The summed E-state index contributed by atoms with van der Waals surface area (Å²) in [6, 6.07) is -0.860. The molecule has 0 bridgehead atoms. The van der Waals surface area contributed by atoms with Gasteiger partial charge in [-0.15, -0.1) is 0 Å². The Morgan fingerprint density at radius 3 is 2.17 bits per heavy atom. The Bertz CT molecular complexity index is 2120. The molecule has 0 saturated carbocycles. The van der Waals surface area contributed by atoms with Crippen molar-refractivity contribution >= 4 is 58.3 Å². The van der Waals surface area contributed by atoms with Gasteiger partial charge in [-0.1, -0.05) is 32.0 Å². The third-order valence-electron chi connectivity index (χ3n) is 11.3. The monoisotopic (exact) mass is 877 g/mol. The molecule has 4 heterocycles. The lowest BCUT2D eigenvalue weighted by molar-refractivity contribution is -0.149. The fourth-order valence-electron chi connectivity index (χ4n) is 7.99. The number of carboxylic acid groups (broad SMARTS) is 1. The van der Waals surface area contributed by atoms with E-state index >= 15 is 0 Å². The number of nitrogens with two attached hydrogens (primary N) is 3. The maximum atomic E-state index is 14.2. The minimum atomic E-state index is -1.29. The Kier molecular flexibility index (Phi) is 16.6. The number of benzene rings is 1. The van der Waals surface area contributed by atoms with Gasteiger partial charge in [-0.25, -0.2) is 9.78 Å². The van der Waals surface area contributed by atoms with Crippen molar-refractivity contribution in [2.75, 3.05) is 26.2 Å². The number of nitrogens with one attached hydrogen (secondary N) is 6. The summed E-state index contributed by atoms with van der Waals surface area (Å²) in [7, 11) is 0. The Hall–Kier alpha value is -6.55. The highest BCUT2D eigenvalue weighted by molar-refractivity contribution is 5.98. The average Bonchev–Trinajstić information content (AvgIpc) is 4.10. The third kappa shape index (κ3) is 12.3. The Balaban J connectivity index is 1.37. The van der Waals surface area contributed by atoms with E-state index in [1.54, 1.807) is 20.0 Å². The lowest BCUT2D eigenvalue weighted by Gasteiger charge is -2.30. The highest BCUT2D eigenvalue weighted by Crippen LogP contribution is 2.24. The smallest absolute Gasteiger partial charge is 0.326 e. The number of hydrogen-bond acceptors (Lipinski definition) is 11. The van der Waals surface area contributed by atoms with E-state index in [0.717, 1.165) is 10.9 Å². The quantitative estimate of drug-likeness (QED) is 0.0306. The first-order chi connectivity index (χ1) is 30.1. The van der Waals surface area contributed by atoms with Crippen LogP contribution >= 0.6 is 0 Å². The van der Waals surface area contributed by atoms with E-state index in [0.29, 0.717) is 24.1 Å². The number of aromatic amines is 2. The van der Waals surface area contributed by atoms with Crippen LogP contribution in [0.5, 0.6) is 0 Å². The Morgan fingerprint density at radius 2 is 1.52 bits per heavy atom. The van der Waals surface area contributed by atoms with E-state index in [4.69, 9.17) is 17.2 Å². The third-order valence-corrected chi connectivity index (χ3v) is 11.3. The maximum Gasteiger partial charge on any atom is 0.326 e. The van der Waals surface area contributed by atoms with Crippen molar-refractivity contribution in [1.29, 1.82) is 0 Å². The van der Waals surface area contributed by atoms with Crippen LogP contribution in [0.15, 0.2) is 48.0 Å². The number of rotatable bonds is 21. The number of aliphatic carboxylic acids is 1. The fourth-order valence-corrected chi connectivity index (χ4v) is 7.99. The van der Waals surface area contributed by atoms with E-state index in [1.165, 1.54) is 22.3 Å². The average molecular weight is 878 g/mol. The SMILES string of the molecule is CC(C)[C@H](NC(=O)[C@H](CCCN=C(N)N)NC(=O)[C@H](Cc1cnc[nH]1)NC(=O)[C@@H]1CCCN1C(=O)[C@@H](N)CO)C(=O)N[C@@H](Cc1c[nH]c2ccccc12)C(=O)N1CCC[C@H]1C(=O)O. The number of carbonyl (C=O) groups excluding carboxylic acids is 6. The minimum Gasteiger partial charge on any atom is -0.480 e. The molecule has 0 spiro atoms. The van der Waals surface area contributed by atoms with Crippen molar-refractivity contribution in [2.45, 2.75) is 108 Å². The zero-order valence-corrected chi connectivity index (χ0v) is 35.4. The van der Waals surface area contributed by atoms with Crippen LogP contribution in [-0.4, -0.2) is 151 Å². The van der Waals surface area contributed by atoms with Gasteiger partial charge in [0.1, 0.15) is 42.3 Å². The summed E-state index contributed by atoms with van der Waals surface area (Å²) in [6.07, 6.45) is 6.23. The Labute approximate surface area is 363 Å². The standard InChI is InChI=1S/C41H59N13O9/c1-22(2)33(37(59)51-30(39(61)54-15-7-12-32(54)40(62)63)16-23-18-47-27-9-4-3-8-25(23)27)52-34(56)28(10-5-13-46-41(43)44)49-35(57)29(17-24-19-45-21-48-24)50-36(58)31-11-6-14-53(31)38(60)26(42)20-55/h3-4,8-9,18-19,21-22,26,28-33,47,55H,5-7,10-17,20,42H2,1-2H3,(H,45,48)(H,49,57)(H,50,58)(H,51,59)(H,52,56)(H,62,63)(H4,43,44,46)/t26-,28-,29-,30-,31-,32-,33-/m0/s1. The van der Waals surface area contributed by atoms with Gasteiger partial charge in [-0.3, -0.25) is 33.8 Å². The lowest BCUT2D eigenvalue weighted by atomic mass is 9.99. The van der Waals surface area contributed by atoms with Gasteiger partial charge in [0.25, 0.3) is 0 Å². The summed E-state index contributed by atoms with van der Waals surface area (Å²) in [4.78, 5) is 112. The minimum absolute atomic E-state index is 0.0112. The number of carbonyl (C=O) groups is 7. The molecule has 342 valence electrons. The van der Waals surface area contributed by atoms with Crippen molar-refractivity contribution in [1.82, 2.24) is 46.0 Å². The molecule has 0 unspecified atom stereocenters. The van der Waals surface area contributed by atoms with E-state index in [9.17, 15) is 43.8 Å². The highest BCUT2D eigenvalue weighted by Gasteiger charge is 2.41. The molecule has 2 aliphatic heterocycles. The summed E-state index contributed by atoms with van der Waals surface area (Å²) >= 11 is 0. The molecule has 1 aromatic carbocycles. The maximum absolute atomic E-state index is 14.2. The predicted molar refractivity (Wildman–Crippen MR) is 229 cm³/mol. The molecule has 2 aromatic heterocycles. The molecule has 63 heavy (non-hydrogen) atoms. The second-order valence-corrected chi connectivity index (χ2v) is 16.2. The molecule has 7 atom stereocenters. The molecule has 2 fully saturated rings. The van der Waals surface area contributed by atoms with Crippen molar-refractivity contribution in [3.63, 3.8) is 0 Å². The number of fused-ring (bicyclic) bond motifs is 1. The van der Waals surface area contributed by atoms with Crippen molar-refractivity contribution in [2.24, 2.45) is 28.1 Å². The van der Waals surface area contributed by atoms with E-state index in [2.05, 4.69) is 41.2 Å². The highest BCUT2D eigenvalue weighted by atomic mass is 16.4. The molecular weight excluding hydrogens is 819 g/mol. The molecule has 0 radical (unpaired) electrons. The number of likely N-dealkylation sites (tertiary alicyclic amines) is 2. The number of H-pyrrole nitrogens is 2. The van der Waals surface area contributed by atoms with Crippen LogP contribution < -0.4 is 38.5 Å². The summed E-state index contributed by atoms with van der Waals surface area (Å²) in [6.45, 7) is 3.28. The summed E-state index contributed by atoms with van der Waals surface area (Å²) in [5, 5.41) is 31.2. The zero-order chi connectivity index (χ0) is 45.8. The van der Waals surface area contributed by atoms with Gasteiger partial charge < -0.3 is 68.4 Å². The normalized spacial score (nSPS) is 18.6. The van der Waals surface area contributed by atoms with Crippen LogP contribution in [-0.2, 0) is 46.4 Å². The van der Waals surface area contributed by atoms with Crippen molar-refractivity contribution in [3.05, 3.63) is 54.2 Å². The first-order valence-electron chi connectivity index (χ1n) is 21.1. The van der Waals surface area contributed by atoms with Gasteiger partial charge in [-0.2, -0.15) is 0 Å². The number of imidazole rings is 1. The molecule has 0 aliphatic carbocycles. The molecule has 2 saturated heterocycles. The fraction of sp³-hybridized carbons (Fsp3) is 0.537. The Morgan fingerprint density at radius 1 is 0.857 bits per heavy atom. The van der Waals surface area contributed by atoms with Gasteiger partial charge >= 0.3 is 5.97 Å². The second-order valence-electron chi connectivity index (χ2n) is 16.2. The number of aromatic nitrogens is 3. The molecule has 2 aliphatic rings. The number of nitrogens with zero attached hydrogens (tertiary/aromatic N) is 4. The number of guanidine groups is 1. The van der Waals surface area contributed by atoms with E-state index in [-0.39, 0.29) is 64.1 Å². The van der Waals surface area contributed by atoms with Gasteiger partial charge in [0.2, 0.25) is 35.4 Å². The van der Waals surface area contributed by atoms with Crippen LogP contribution in [0.25, 0.3) is 10.9 Å². The van der Waals surface area contributed by atoms with Crippen molar-refractivity contribution < 1.29 is 43.8 Å². The van der Waals surface area contributed by atoms with Crippen LogP contribution in [0.3, 0.4) is 0 Å². The molecule has 22 heteroatoms. The summed E-state index contributed by atoms with van der Waals surface area (Å²) in [5.74, 6) is -5.95. The molecule has 22 nitrogen and oxygen atoms in total. The van der Waals surface area contributed by atoms with Crippen LogP contribution in [0, 0.1) is 5.92 Å². The topological polar surface area (TPSA) is 349 Å². The van der Waals surface area contributed by atoms with Gasteiger partial charge in [0.05, 0.1) is 12.9 Å². The first-order valence-corrected chi connectivity index (χ1v) is 21.1. The molecular formula is C41H59N13O9.